The van der Waals surface area contributed by atoms with Gasteiger partial charge in [0.25, 0.3) is 5.91 Å². The van der Waals surface area contributed by atoms with E-state index in [1.807, 2.05) is 62.4 Å². The van der Waals surface area contributed by atoms with Crippen LogP contribution in [0.2, 0.25) is 0 Å². The van der Waals surface area contributed by atoms with Gasteiger partial charge >= 0.3 is 0 Å². The van der Waals surface area contributed by atoms with E-state index in [0.29, 0.717) is 5.92 Å². The van der Waals surface area contributed by atoms with Crippen molar-refractivity contribution in [3.63, 3.8) is 0 Å². The fourth-order valence-corrected chi connectivity index (χ4v) is 5.65. The van der Waals surface area contributed by atoms with Gasteiger partial charge in [0.05, 0.1) is 11.0 Å². The van der Waals surface area contributed by atoms with E-state index in [0.717, 1.165) is 28.3 Å². The van der Waals surface area contributed by atoms with Gasteiger partial charge in [0.15, 0.2) is 5.50 Å². The van der Waals surface area contributed by atoms with Crippen LogP contribution in [0.15, 0.2) is 59.5 Å². The summed E-state index contributed by atoms with van der Waals surface area (Å²) in [5.41, 5.74) is 1.97. The summed E-state index contributed by atoms with van der Waals surface area (Å²) in [5.74, 6) is 1.51. The summed E-state index contributed by atoms with van der Waals surface area (Å²) in [4.78, 5) is 16.4. The Morgan fingerprint density at radius 2 is 1.77 bits per heavy atom. The van der Waals surface area contributed by atoms with Crippen LogP contribution in [0, 0.1) is 5.92 Å². The molecule has 0 radical (unpaired) electrons. The summed E-state index contributed by atoms with van der Waals surface area (Å²) in [6.07, 6.45) is 6.88. The number of nitrogens with one attached hydrogen (secondary N) is 1. The second-order valence-electron chi connectivity index (χ2n) is 8.77. The largest absolute Gasteiger partial charge is 0.491 e. The molecular formula is C26H32N2O2S. The summed E-state index contributed by atoms with van der Waals surface area (Å²) < 4.78 is 5.74. The molecule has 1 aliphatic heterocycles. The molecule has 1 aliphatic carbocycles. The molecule has 2 aromatic rings. The van der Waals surface area contributed by atoms with Crippen molar-refractivity contribution in [2.24, 2.45) is 5.92 Å². The van der Waals surface area contributed by atoms with Gasteiger partial charge in [-0.3, -0.25) is 4.79 Å². The fraction of sp³-hybridized carbons (Fsp3) is 0.423. The molecule has 2 aromatic carbocycles. The molecule has 0 spiro atoms. The molecule has 2 fully saturated rings. The molecule has 4 nitrogen and oxygen atoms in total. The van der Waals surface area contributed by atoms with Crippen LogP contribution in [-0.4, -0.2) is 28.5 Å². The Labute approximate surface area is 190 Å². The van der Waals surface area contributed by atoms with Crippen LogP contribution in [-0.2, 0) is 4.79 Å². The standard InChI is InChI=1S/C26H32N2O2S/c1-18(2)30-22-15-13-20(14-16-22)17-24-25(29)28(23-12-8-7-9-19(23)3)26(31-24)27-21-10-5-4-6-11-21/h4-6,10-11,13-19,23,26-27H,7-9,12H2,1-3H3/b24-17-/t19-,23-,26?/m0/s1. The zero-order chi connectivity index (χ0) is 21.8. The molecule has 164 valence electrons. The third-order valence-corrected chi connectivity index (χ3v) is 7.09. The maximum atomic E-state index is 13.5. The average Bonchev–Trinajstić information content (AvgIpc) is 3.05. The van der Waals surface area contributed by atoms with Gasteiger partial charge in [-0.1, -0.05) is 61.9 Å². The smallest absolute Gasteiger partial charge is 0.262 e. The molecule has 1 heterocycles. The van der Waals surface area contributed by atoms with E-state index in [1.54, 1.807) is 11.8 Å². The first kappa shape index (κ1) is 21.8. The van der Waals surface area contributed by atoms with Crippen LogP contribution in [0.1, 0.15) is 52.0 Å². The number of amides is 1. The lowest BCUT2D eigenvalue weighted by atomic mass is 9.85. The number of para-hydroxylation sites is 1. The minimum Gasteiger partial charge on any atom is -0.491 e. The van der Waals surface area contributed by atoms with Gasteiger partial charge in [0.1, 0.15) is 5.75 Å². The molecule has 31 heavy (non-hydrogen) atoms. The van der Waals surface area contributed by atoms with E-state index in [9.17, 15) is 4.79 Å². The van der Waals surface area contributed by atoms with Crippen molar-refractivity contribution in [2.75, 3.05) is 5.32 Å². The molecule has 0 bridgehead atoms. The molecule has 3 atom stereocenters. The number of thioether (sulfide) groups is 1. The highest BCUT2D eigenvalue weighted by atomic mass is 32.2. The number of hydrogen-bond donors (Lipinski definition) is 1. The van der Waals surface area contributed by atoms with Crippen molar-refractivity contribution in [3.05, 3.63) is 65.1 Å². The SMILES string of the molecule is CC(C)Oc1ccc(/C=C2\SC(Nc3ccccc3)N([C@H]3CCCC[C@@H]3C)C2=O)cc1. The van der Waals surface area contributed by atoms with Crippen LogP contribution in [0.3, 0.4) is 0 Å². The van der Waals surface area contributed by atoms with Gasteiger partial charge in [-0.15, -0.1) is 0 Å². The predicted octanol–water partition coefficient (Wildman–Crippen LogP) is 6.36. The Morgan fingerprint density at radius 1 is 1.06 bits per heavy atom. The van der Waals surface area contributed by atoms with Crippen LogP contribution >= 0.6 is 11.8 Å². The molecule has 1 unspecified atom stereocenters. The average molecular weight is 437 g/mol. The maximum absolute atomic E-state index is 13.5. The summed E-state index contributed by atoms with van der Waals surface area (Å²) in [5, 5.41) is 3.59. The lowest BCUT2D eigenvalue weighted by Crippen LogP contribution is -2.48. The minimum absolute atomic E-state index is 0.0877. The molecule has 0 aromatic heterocycles. The minimum atomic E-state index is -0.0877. The molecule has 2 aliphatic rings. The fourth-order valence-electron chi connectivity index (χ4n) is 4.43. The zero-order valence-corrected chi connectivity index (χ0v) is 19.4. The first-order valence-electron chi connectivity index (χ1n) is 11.3. The van der Waals surface area contributed by atoms with Crippen molar-refractivity contribution < 1.29 is 9.53 Å². The second-order valence-corrected chi connectivity index (χ2v) is 9.89. The van der Waals surface area contributed by atoms with E-state index in [2.05, 4.69) is 29.3 Å². The van der Waals surface area contributed by atoms with Crippen LogP contribution in [0.25, 0.3) is 6.08 Å². The number of benzene rings is 2. The van der Waals surface area contributed by atoms with Gasteiger partial charge in [0, 0.05) is 11.7 Å². The van der Waals surface area contributed by atoms with Crippen molar-refractivity contribution in [1.82, 2.24) is 4.90 Å². The Hall–Kier alpha value is -2.40. The highest BCUT2D eigenvalue weighted by Gasteiger charge is 2.42. The highest BCUT2D eigenvalue weighted by Crippen LogP contribution is 2.42. The van der Waals surface area contributed by atoms with E-state index < -0.39 is 0 Å². The normalized spacial score (nSPS) is 25.3. The lowest BCUT2D eigenvalue weighted by molar-refractivity contribution is -0.129. The van der Waals surface area contributed by atoms with Crippen molar-refractivity contribution in [1.29, 1.82) is 0 Å². The number of ether oxygens (including phenoxy) is 1. The number of carbonyl (C=O) groups is 1. The van der Waals surface area contributed by atoms with Crippen molar-refractivity contribution in [2.45, 2.75) is 64.1 Å². The monoisotopic (exact) mass is 436 g/mol. The summed E-state index contributed by atoms with van der Waals surface area (Å²) in [7, 11) is 0. The van der Waals surface area contributed by atoms with Gasteiger partial charge in [0.2, 0.25) is 0 Å². The number of anilines is 1. The number of nitrogens with zero attached hydrogens (tertiary/aromatic N) is 1. The Kier molecular flexibility index (Phi) is 6.91. The molecule has 1 saturated heterocycles. The van der Waals surface area contributed by atoms with Gasteiger partial charge in [-0.05, 0) is 68.5 Å². The summed E-state index contributed by atoms with van der Waals surface area (Å²) >= 11 is 1.62. The summed E-state index contributed by atoms with van der Waals surface area (Å²) in [6.45, 7) is 6.32. The third kappa shape index (κ3) is 5.27. The molecule has 1 amide bonds. The Morgan fingerprint density at radius 3 is 2.45 bits per heavy atom. The van der Waals surface area contributed by atoms with Gasteiger partial charge in [-0.2, -0.15) is 0 Å². The number of hydrogen-bond acceptors (Lipinski definition) is 4. The first-order valence-corrected chi connectivity index (χ1v) is 12.2. The van der Waals surface area contributed by atoms with Gasteiger partial charge in [-0.25, -0.2) is 0 Å². The maximum Gasteiger partial charge on any atom is 0.262 e. The van der Waals surface area contributed by atoms with E-state index in [1.165, 1.54) is 19.3 Å². The first-order chi connectivity index (χ1) is 15.0. The summed E-state index contributed by atoms with van der Waals surface area (Å²) in [6, 6.07) is 18.4. The van der Waals surface area contributed by atoms with E-state index in [-0.39, 0.29) is 23.6 Å². The molecule has 4 rings (SSSR count). The predicted molar refractivity (Wildman–Crippen MR) is 130 cm³/mol. The third-order valence-electron chi connectivity index (χ3n) is 5.97. The van der Waals surface area contributed by atoms with Crippen molar-refractivity contribution >= 4 is 29.4 Å². The molecule has 1 N–H and O–H groups in total. The van der Waals surface area contributed by atoms with Crippen LogP contribution in [0.5, 0.6) is 5.75 Å². The van der Waals surface area contributed by atoms with E-state index >= 15 is 0 Å². The van der Waals surface area contributed by atoms with Crippen molar-refractivity contribution in [3.8, 4) is 5.75 Å². The van der Waals surface area contributed by atoms with E-state index in [4.69, 9.17) is 4.74 Å². The molecular weight excluding hydrogens is 404 g/mol. The topological polar surface area (TPSA) is 41.6 Å². The number of carbonyl (C=O) groups excluding carboxylic acids is 1. The zero-order valence-electron chi connectivity index (χ0n) is 18.6. The van der Waals surface area contributed by atoms with Gasteiger partial charge < -0.3 is 15.0 Å². The Balaban J connectivity index is 1.58. The Bertz CT molecular complexity index is 911. The lowest BCUT2D eigenvalue weighted by Gasteiger charge is -2.39. The van der Waals surface area contributed by atoms with Crippen LogP contribution < -0.4 is 10.1 Å². The molecule has 1 saturated carbocycles. The second kappa shape index (κ2) is 9.82. The number of rotatable bonds is 6. The molecule has 5 heteroatoms. The van der Waals surface area contributed by atoms with Crippen LogP contribution in [0.4, 0.5) is 5.69 Å². The quantitative estimate of drug-likeness (QED) is 0.535. The highest BCUT2D eigenvalue weighted by molar-refractivity contribution is 8.05.